The van der Waals surface area contributed by atoms with Gasteiger partial charge in [-0.05, 0) is 56.2 Å². The van der Waals surface area contributed by atoms with Crippen LogP contribution < -0.4 is 10.6 Å². The lowest BCUT2D eigenvalue weighted by molar-refractivity contribution is -0.137. The number of piperazine rings is 1. The molecule has 0 radical (unpaired) electrons. The van der Waals surface area contributed by atoms with Gasteiger partial charge in [-0.15, -0.1) is 0 Å². The van der Waals surface area contributed by atoms with Crippen molar-refractivity contribution in [2.24, 2.45) is 0 Å². The molecule has 1 aliphatic rings. The minimum atomic E-state index is -4.60. The molecule has 2 aromatic carbocycles. The third-order valence-corrected chi connectivity index (χ3v) is 6.24. The number of rotatable bonds is 6. The summed E-state index contributed by atoms with van der Waals surface area (Å²) in [7, 11) is 0. The maximum atomic E-state index is 13.0. The number of carbonyl (C=O) groups excluding carboxylic acids is 2. The van der Waals surface area contributed by atoms with Crippen LogP contribution in [0.25, 0.3) is 0 Å². The highest BCUT2D eigenvalue weighted by molar-refractivity contribution is 6.31. The quantitative estimate of drug-likeness (QED) is 0.615. The van der Waals surface area contributed by atoms with E-state index in [9.17, 15) is 22.8 Å². The van der Waals surface area contributed by atoms with Crippen LogP contribution in [0.4, 0.5) is 24.5 Å². The van der Waals surface area contributed by atoms with Gasteiger partial charge in [0.15, 0.2) is 0 Å². The van der Waals surface area contributed by atoms with Crippen molar-refractivity contribution in [3.63, 3.8) is 0 Å². The van der Waals surface area contributed by atoms with Crippen molar-refractivity contribution < 1.29 is 22.8 Å². The molecule has 3 rings (SSSR count). The SMILES string of the molecule is Cc1ccc(C)c(NC(=O)C(C)N2CCN(CC(=O)Nc3ccc(Cl)c(C(F)(F)F)c3)CC2)c1. The molecular formula is C24H28ClF3N4O2. The zero-order chi connectivity index (χ0) is 25.0. The second-order valence-corrected chi connectivity index (χ2v) is 8.94. The standard InChI is InChI=1S/C24H28ClF3N4O2/c1-15-4-5-16(2)21(12-15)30-23(34)17(3)32-10-8-31(9-11-32)14-22(33)29-18-6-7-20(25)19(13-18)24(26,27)28/h4-7,12-13,17H,8-11,14H2,1-3H3,(H,29,33)(H,30,34). The van der Waals surface area contributed by atoms with Gasteiger partial charge in [-0.2, -0.15) is 13.2 Å². The van der Waals surface area contributed by atoms with Gasteiger partial charge in [0.2, 0.25) is 11.8 Å². The van der Waals surface area contributed by atoms with Crippen LogP contribution in [0.3, 0.4) is 0 Å². The molecule has 1 heterocycles. The van der Waals surface area contributed by atoms with E-state index >= 15 is 0 Å². The van der Waals surface area contributed by atoms with Crippen molar-refractivity contribution in [3.8, 4) is 0 Å². The van der Waals surface area contributed by atoms with Crippen LogP contribution in [0.15, 0.2) is 36.4 Å². The van der Waals surface area contributed by atoms with Crippen molar-refractivity contribution in [1.29, 1.82) is 0 Å². The van der Waals surface area contributed by atoms with E-state index in [0.29, 0.717) is 26.2 Å². The van der Waals surface area contributed by atoms with Gasteiger partial charge in [-0.25, -0.2) is 0 Å². The smallest absolute Gasteiger partial charge is 0.325 e. The number of halogens is 4. The molecule has 1 atom stereocenters. The molecule has 1 fully saturated rings. The second kappa shape index (κ2) is 10.8. The van der Waals surface area contributed by atoms with Gasteiger partial charge in [0.05, 0.1) is 23.2 Å². The summed E-state index contributed by atoms with van der Waals surface area (Å²) >= 11 is 5.62. The van der Waals surface area contributed by atoms with E-state index in [1.165, 1.54) is 6.07 Å². The van der Waals surface area contributed by atoms with Crippen molar-refractivity contribution in [3.05, 3.63) is 58.1 Å². The zero-order valence-corrected chi connectivity index (χ0v) is 20.1. The Morgan fingerprint density at radius 1 is 1.03 bits per heavy atom. The summed E-state index contributed by atoms with van der Waals surface area (Å²) in [5.74, 6) is -0.507. The van der Waals surface area contributed by atoms with E-state index in [4.69, 9.17) is 11.6 Å². The molecule has 1 unspecified atom stereocenters. The number of hydrogen-bond donors (Lipinski definition) is 2. The molecule has 2 N–H and O–H groups in total. The van der Waals surface area contributed by atoms with Crippen molar-refractivity contribution in [1.82, 2.24) is 9.80 Å². The maximum absolute atomic E-state index is 13.0. The number of anilines is 2. The number of carbonyl (C=O) groups is 2. The van der Waals surface area contributed by atoms with E-state index < -0.39 is 22.7 Å². The molecule has 2 amide bonds. The largest absolute Gasteiger partial charge is 0.417 e. The fraction of sp³-hybridized carbons (Fsp3) is 0.417. The number of hydrogen-bond acceptors (Lipinski definition) is 4. The Bertz CT molecular complexity index is 1050. The molecule has 0 aromatic heterocycles. The molecule has 0 bridgehead atoms. The summed E-state index contributed by atoms with van der Waals surface area (Å²) in [6, 6.07) is 8.83. The number of alkyl halides is 3. The summed E-state index contributed by atoms with van der Waals surface area (Å²) in [5.41, 5.74) is 1.90. The van der Waals surface area contributed by atoms with Gasteiger partial charge in [0.1, 0.15) is 0 Å². The van der Waals surface area contributed by atoms with Gasteiger partial charge < -0.3 is 10.6 Å². The Labute approximate surface area is 202 Å². The lowest BCUT2D eigenvalue weighted by atomic mass is 10.1. The van der Waals surface area contributed by atoms with Crippen molar-refractivity contribution in [2.75, 3.05) is 43.4 Å². The zero-order valence-electron chi connectivity index (χ0n) is 19.3. The molecule has 1 aliphatic heterocycles. The molecule has 1 saturated heterocycles. The molecule has 0 saturated carbocycles. The molecular weight excluding hydrogens is 469 g/mol. The predicted molar refractivity (Wildman–Crippen MR) is 127 cm³/mol. The maximum Gasteiger partial charge on any atom is 0.417 e. The van der Waals surface area contributed by atoms with Crippen LogP contribution >= 0.6 is 11.6 Å². The topological polar surface area (TPSA) is 64.7 Å². The first-order valence-corrected chi connectivity index (χ1v) is 11.3. The van der Waals surface area contributed by atoms with Gasteiger partial charge in [-0.3, -0.25) is 19.4 Å². The van der Waals surface area contributed by atoms with Gasteiger partial charge in [-0.1, -0.05) is 23.7 Å². The first kappa shape index (κ1) is 26.0. The monoisotopic (exact) mass is 496 g/mol. The predicted octanol–water partition coefficient (Wildman–Crippen LogP) is 4.56. The lowest BCUT2D eigenvalue weighted by Crippen LogP contribution is -2.53. The van der Waals surface area contributed by atoms with E-state index in [-0.39, 0.29) is 24.2 Å². The van der Waals surface area contributed by atoms with E-state index in [0.717, 1.165) is 28.9 Å². The minimum absolute atomic E-state index is 0.0390. The third kappa shape index (κ3) is 6.71. The first-order chi connectivity index (χ1) is 15.9. The van der Waals surface area contributed by atoms with E-state index in [1.807, 2.05) is 48.8 Å². The molecule has 2 aromatic rings. The highest BCUT2D eigenvalue weighted by atomic mass is 35.5. The molecule has 6 nitrogen and oxygen atoms in total. The van der Waals surface area contributed by atoms with Crippen LogP contribution in [0.2, 0.25) is 5.02 Å². The highest BCUT2D eigenvalue weighted by Crippen LogP contribution is 2.36. The summed E-state index contributed by atoms with van der Waals surface area (Å²) < 4.78 is 39.1. The summed E-state index contributed by atoms with van der Waals surface area (Å²) in [6.07, 6.45) is -4.60. The summed E-state index contributed by atoms with van der Waals surface area (Å²) in [6.45, 7) is 8.10. The van der Waals surface area contributed by atoms with Crippen LogP contribution in [0.1, 0.15) is 23.6 Å². The number of amides is 2. The Hall–Kier alpha value is -2.62. The Kier molecular flexibility index (Phi) is 8.22. The van der Waals surface area contributed by atoms with Crippen LogP contribution in [0.5, 0.6) is 0 Å². The van der Waals surface area contributed by atoms with Gasteiger partial charge in [0, 0.05) is 37.6 Å². The highest BCUT2D eigenvalue weighted by Gasteiger charge is 2.33. The fourth-order valence-corrected chi connectivity index (χ4v) is 4.03. The van der Waals surface area contributed by atoms with E-state index in [2.05, 4.69) is 10.6 Å². The molecule has 34 heavy (non-hydrogen) atoms. The van der Waals surface area contributed by atoms with Gasteiger partial charge in [0.25, 0.3) is 0 Å². The lowest BCUT2D eigenvalue weighted by Gasteiger charge is -2.37. The average Bonchev–Trinajstić information content (AvgIpc) is 2.76. The Balaban J connectivity index is 1.49. The average molecular weight is 497 g/mol. The number of aryl methyl sites for hydroxylation is 2. The summed E-state index contributed by atoms with van der Waals surface area (Å²) in [5, 5.41) is 5.07. The van der Waals surface area contributed by atoms with Crippen LogP contribution in [-0.4, -0.2) is 60.4 Å². The minimum Gasteiger partial charge on any atom is -0.325 e. The van der Waals surface area contributed by atoms with Crippen molar-refractivity contribution in [2.45, 2.75) is 33.0 Å². The first-order valence-electron chi connectivity index (χ1n) is 10.9. The fourth-order valence-electron chi connectivity index (χ4n) is 3.81. The Morgan fingerprint density at radius 3 is 2.35 bits per heavy atom. The van der Waals surface area contributed by atoms with Crippen LogP contribution in [-0.2, 0) is 15.8 Å². The molecule has 10 heteroatoms. The van der Waals surface area contributed by atoms with Crippen molar-refractivity contribution >= 4 is 34.8 Å². The van der Waals surface area contributed by atoms with E-state index in [1.54, 1.807) is 0 Å². The number of nitrogens with zero attached hydrogens (tertiary/aromatic N) is 2. The normalized spacial score (nSPS) is 16.2. The second-order valence-electron chi connectivity index (χ2n) is 8.54. The number of nitrogens with one attached hydrogen (secondary N) is 2. The summed E-state index contributed by atoms with van der Waals surface area (Å²) in [4.78, 5) is 29.1. The third-order valence-electron chi connectivity index (χ3n) is 5.91. The molecule has 0 spiro atoms. The molecule has 184 valence electrons. The Morgan fingerprint density at radius 2 is 1.71 bits per heavy atom. The molecule has 0 aliphatic carbocycles. The van der Waals surface area contributed by atoms with Gasteiger partial charge >= 0.3 is 6.18 Å². The number of benzene rings is 2. The van der Waals surface area contributed by atoms with Crippen LogP contribution in [0, 0.1) is 13.8 Å².